The van der Waals surface area contributed by atoms with Crippen LogP contribution in [-0.4, -0.2) is 47.6 Å². The third kappa shape index (κ3) is 3.13. The third-order valence-electron chi connectivity index (χ3n) is 3.53. The zero-order valence-corrected chi connectivity index (χ0v) is 10.8. The zero-order chi connectivity index (χ0) is 11.4. The molecule has 2 rings (SSSR count). The van der Waals surface area contributed by atoms with Gasteiger partial charge in [-0.2, -0.15) is 11.8 Å². The number of aliphatic hydroxyl groups excluding tert-OH is 1. The van der Waals surface area contributed by atoms with Gasteiger partial charge in [0.05, 0.1) is 12.2 Å². The Kier molecular flexibility index (Phi) is 4.53. The summed E-state index contributed by atoms with van der Waals surface area (Å²) in [5, 5.41) is 10.1. The largest absolute Gasteiger partial charge is 0.395 e. The molecule has 16 heavy (non-hydrogen) atoms. The Morgan fingerprint density at radius 3 is 2.81 bits per heavy atom. The number of hydrogen-bond acceptors (Lipinski definition) is 4. The highest BCUT2D eigenvalue weighted by Gasteiger charge is 2.39. The van der Waals surface area contributed by atoms with E-state index in [1.165, 1.54) is 0 Å². The van der Waals surface area contributed by atoms with E-state index in [0.717, 1.165) is 45.5 Å². The first-order valence-corrected chi connectivity index (χ1v) is 7.16. The summed E-state index contributed by atoms with van der Waals surface area (Å²) < 4.78 is 11.4. The molecule has 0 bridgehead atoms. The van der Waals surface area contributed by atoms with Crippen LogP contribution in [0.15, 0.2) is 0 Å². The maximum absolute atomic E-state index is 9.10. The van der Waals surface area contributed by atoms with Crippen molar-refractivity contribution < 1.29 is 14.6 Å². The Hall–Kier alpha value is 0.230. The highest BCUT2D eigenvalue weighted by molar-refractivity contribution is 8.00. The number of thioether (sulfide) groups is 1. The van der Waals surface area contributed by atoms with E-state index in [4.69, 9.17) is 14.6 Å². The van der Waals surface area contributed by atoms with E-state index in [1.54, 1.807) is 0 Å². The molecule has 2 aliphatic heterocycles. The van der Waals surface area contributed by atoms with Gasteiger partial charge in [-0.3, -0.25) is 0 Å². The molecule has 0 aliphatic carbocycles. The molecule has 4 heteroatoms. The molecule has 0 saturated carbocycles. The lowest BCUT2D eigenvalue weighted by Gasteiger charge is -2.43. The molecule has 0 radical (unpaired) electrons. The SMILES string of the molecule is CC(CO)SC1CCOC2(CCOCC2)C1. The van der Waals surface area contributed by atoms with Crippen LogP contribution in [-0.2, 0) is 9.47 Å². The Bertz CT molecular complexity index is 211. The fourth-order valence-electron chi connectivity index (χ4n) is 2.56. The molecule has 0 aromatic carbocycles. The van der Waals surface area contributed by atoms with Crippen LogP contribution in [0.4, 0.5) is 0 Å². The van der Waals surface area contributed by atoms with Crippen molar-refractivity contribution in [2.24, 2.45) is 0 Å². The second kappa shape index (κ2) is 5.71. The van der Waals surface area contributed by atoms with Gasteiger partial charge in [0, 0.05) is 30.3 Å². The fourth-order valence-corrected chi connectivity index (χ4v) is 3.94. The average Bonchev–Trinajstić information content (AvgIpc) is 2.30. The molecular formula is C12H22O3S. The molecule has 2 unspecified atom stereocenters. The van der Waals surface area contributed by atoms with Crippen LogP contribution in [0, 0.1) is 0 Å². The van der Waals surface area contributed by atoms with Crippen molar-refractivity contribution in [2.45, 2.75) is 48.7 Å². The van der Waals surface area contributed by atoms with E-state index in [9.17, 15) is 0 Å². The summed E-state index contributed by atoms with van der Waals surface area (Å²) >= 11 is 1.92. The Morgan fingerprint density at radius 2 is 2.12 bits per heavy atom. The van der Waals surface area contributed by atoms with E-state index in [0.29, 0.717) is 10.5 Å². The van der Waals surface area contributed by atoms with Crippen LogP contribution in [0.2, 0.25) is 0 Å². The van der Waals surface area contributed by atoms with Crippen LogP contribution in [0.25, 0.3) is 0 Å². The van der Waals surface area contributed by atoms with Gasteiger partial charge in [-0.25, -0.2) is 0 Å². The van der Waals surface area contributed by atoms with Crippen LogP contribution in [0.5, 0.6) is 0 Å². The molecule has 1 N–H and O–H groups in total. The standard InChI is InChI=1S/C12H22O3S/c1-10(9-13)16-11-2-5-15-12(8-11)3-6-14-7-4-12/h10-11,13H,2-9H2,1H3. The van der Waals surface area contributed by atoms with Crippen LogP contribution in [0.3, 0.4) is 0 Å². The molecule has 2 heterocycles. The summed E-state index contributed by atoms with van der Waals surface area (Å²) in [6.07, 6.45) is 4.33. The number of aliphatic hydroxyl groups is 1. The summed E-state index contributed by atoms with van der Waals surface area (Å²) in [6.45, 7) is 4.92. The molecule has 3 nitrogen and oxygen atoms in total. The molecule has 2 fully saturated rings. The highest BCUT2D eigenvalue weighted by atomic mass is 32.2. The maximum Gasteiger partial charge on any atom is 0.0736 e. The molecule has 2 saturated heterocycles. The summed E-state index contributed by atoms with van der Waals surface area (Å²) in [4.78, 5) is 0. The predicted molar refractivity (Wildman–Crippen MR) is 65.9 cm³/mol. The zero-order valence-electron chi connectivity index (χ0n) is 9.98. The van der Waals surface area contributed by atoms with Gasteiger partial charge in [-0.1, -0.05) is 6.92 Å². The quantitative estimate of drug-likeness (QED) is 0.824. The second-order valence-electron chi connectivity index (χ2n) is 4.89. The first-order valence-electron chi connectivity index (χ1n) is 6.22. The monoisotopic (exact) mass is 246 g/mol. The van der Waals surface area contributed by atoms with Gasteiger partial charge >= 0.3 is 0 Å². The molecule has 0 aromatic heterocycles. The van der Waals surface area contributed by atoms with E-state index in [1.807, 2.05) is 11.8 Å². The van der Waals surface area contributed by atoms with Crippen molar-refractivity contribution in [3.8, 4) is 0 Å². The first-order chi connectivity index (χ1) is 7.74. The Morgan fingerprint density at radius 1 is 1.38 bits per heavy atom. The van der Waals surface area contributed by atoms with E-state index >= 15 is 0 Å². The van der Waals surface area contributed by atoms with Crippen LogP contribution >= 0.6 is 11.8 Å². The number of hydrogen-bond donors (Lipinski definition) is 1. The minimum atomic E-state index is 0.0866. The fraction of sp³-hybridized carbons (Fsp3) is 1.00. The maximum atomic E-state index is 9.10. The summed E-state index contributed by atoms with van der Waals surface area (Å²) in [7, 11) is 0. The lowest BCUT2D eigenvalue weighted by Crippen LogP contribution is -2.45. The molecule has 1 spiro atoms. The van der Waals surface area contributed by atoms with Gasteiger partial charge in [0.25, 0.3) is 0 Å². The van der Waals surface area contributed by atoms with Crippen molar-refractivity contribution in [2.75, 3.05) is 26.4 Å². The van der Waals surface area contributed by atoms with E-state index < -0.39 is 0 Å². The number of rotatable bonds is 3. The van der Waals surface area contributed by atoms with Gasteiger partial charge in [-0.05, 0) is 25.7 Å². The first kappa shape index (κ1) is 12.7. The minimum absolute atomic E-state index is 0.0866. The Balaban J connectivity index is 1.87. The molecule has 94 valence electrons. The normalized spacial score (nSPS) is 31.5. The van der Waals surface area contributed by atoms with Gasteiger partial charge < -0.3 is 14.6 Å². The lowest BCUT2D eigenvalue weighted by atomic mass is 9.86. The van der Waals surface area contributed by atoms with E-state index in [2.05, 4.69) is 6.92 Å². The van der Waals surface area contributed by atoms with Crippen LogP contribution < -0.4 is 0 Å². The van der Waals surface area contributed by atoms with Crippen molar-refractivity contribution in [1.29, 1.82) is 0 Å². The van der Waals surface area contributed by atoms with Crippen molar-refractivity contribution in [3.05, 3.63) is 0 Å². The van der Waals surface area contributed by atoms with Crippen molar-refractivity contribution in [1.82, 2.24) is 0 Å². The second-order valence-corrected chi connectivity index (χ2v) is 6.63. The molecule has 2 aliphatic rings. The Labute approximate surface area is 102 Å². The van der Waals surface area contributed by atoms with Gasteiger partial charge in [-0.15, -0.1) is 0 Å². The van der Waals surface area contributed by atoms with Gasteiger partial charge in [0.15, 0.2) is 0 Å². The molecule has 2 atom stereocenters. The summed E-state index contributed by atoms with van der Waals surface area (Å²) in [5.41, 5.74) is 0.0866. The minimum Gasteiger partial charge on any atom is -0.395 e. The van der Waals surface area contributed by atoms with Gasteiger partial charge in [0.1, 0.15) is 0 Å². The smallest absolute Gasteiger partial charge is 0.0736 e. The summed E-state index contributed by atoms with van der Waals surface area (Å²) in [5.74, 6) is 0. The third-order valence-corrected chi connectivity index (χ3v) is 4.93. The van der Waals surface area contributed by atoms with Crippen molar-refractivity contribution >= 4 is 11.8 Å². The molecular weight excluding hydrogens is 224 g/mol. The average molecular weight is 246 g/mol. The lowest BCUT2D eigenvalue weighted by molar-refractivity contribution is -0.131. The topological polar surface area (TPSA) is 38.7 Å². The van der Waals surface area contributed by atoms with Crippen LogP contribution in [0.1, 0.15) is 32.6 Å². The predicted octanol–water partition coefficient (Wildman–Crippen LogP) is 1.83. The molecule has 0 amide bonds. The van der Waals surface area contributed by atoms with E-state index in [-0.39, 0.29) is 12.2 Å². The highest BCUT2D eigenvalue weighted by Crippen LogP contribution is 2.39. The van der Waals surface area contributed by atoms with Gasteiger partial charge in [0.2, 0.25) is 0 Å². The number of ether oxygens (including phenoxy) is 2. The molecule has 0 aromatic rings. The van der Waals surface area contributed by atoms with Crippen molar-refractivity contribution in [3.63, 3.8) is 0 Å². The summed E-state index contributed by atoms with van der Waals surface area (Å²) in [6, 6.07) is 0.